The molecule has 2 N–H and O–H groups in total. The van der Waals surface area contributed by atoms with Gasteiger partial charge in [-0.15, -0.1) is 0 Å². The second kappa shape index (κ2) is 8.35. The average Bonchev–Trinajstić information content (AvgIpc) is 3.26. The molecule has 0 saturated carbocycles. The summed E-state index contributed by atoms with van der Waals surface area (Å²) in [6.45, 7) is 4.27. The van der Waals surface area contributed by atoms with Gasteiger partial charge in [0.05, 0.1) is 0 Å². The summed E-state index contributed by atoms with van der Waals surface area (Å²) in [7, 11) is 0. The summed E-state index contributed by atoms with van der Waals surface area (Å²) >= 11 is 1.38. The topological polar surface area (TPSA) is 90.9 Å². The maximum absolute atomic E-state index is 12.2. The average molecular weight is 374 g/mol. The van der Waals surface area contributed by atoms with Gasteiger partial charge in [0.1, 0.15) is 5.25 Å². The van der Waals surface area contributed by atoms with E-state index in [0.717, 1.165) is 31.1 Å². The van der Waals surface area contributed by atoms with E-state index in [4.69, 9.17) is 0 Å². The van der Waals surface area contributed by atoms with Gasteiger partial charge in [0.2, 0.25) is 5.91 Å². The molecule has 7 nitrogen and oxygen atoms in total. The number of nitrogens with one attached hydrogen (secondary N) is 2. The van der Waals surface area contributed by atoms with E-state index in [-0.39, 0.29) is 24.1 Å². The first-order chi connectivity index (χ1) is 12.6. The van der Waals surface area contributed by atoms with E-state index in [0.29, 0.717) is 17.8 Å². The molecule has 1 atom stereocenters. The van der Waals surface area contributed by atoms with Gasteiger partial charge in [-0.3, -0.25) is 14.4 Å². The number of rotatable bonds is 5. The fourth-order valence-corrected chi connectivity index (χ4v) is 4.02. The number of thioether (sulfide) groups is 1. The Bertz CT molecular complexity index is 726. The summed E-state index contributed by atoms with van der Waals surface area (Å²) in [5.74, 6) is -0.622. The molecule has 8 heteroatoms. The maximum atomic E-state index is 12.2. The van der Waals surface area contributed by atoms with E-state index in [9.17, 15) is 14.4 Å². The van der Waals surface area contributed by atoms with Crippen LogP contribution in [0.1, 0.15) is 36.5 Å². The third-order valence-corrected chi connectivity index (χ3v) is 5.46. The van der Waals surface area contributed by atoms with Gasteiger partial charge in [-0.25, -0.2) is 0 Å². The molecule has 0 bridgehead atoms. The summed E-state index contributed by atoms with van der Waals surface area (Å²) in [6, 6.07) is 6.67. The van der Waals surface area contributed by atoms with Crippen molar-refractivity contribution in [2.24, 2.45) is 4.99 Å². The fraction of sp³-hybridized carbons (Fsp3) is 0.444. The van der Waals surface area contributed by atoms with Crippen molar-refractivity contribution in [3.05, 3.63) is 29.8 Å². The first-order valence-corrected chi connectivity index (χ1v) is 9.67. The maximum Gasteiger partial charge on any atom is 0.262 e. The Morgan fingerprint density at radius 3 is 2.58 bits per heavy atom. The fourth-order valence-electron chi connectivity index (χ4n) is 2.90. The van der Waals surface area contributed by atoms with Gasteiger partial charge in [0, 0.05) is 37.3 Å². The van der Waals surface area contributed by atoms with Gasteiger partial charge in [-0.05, 0) is 44.0 Å². The quantitative estimate of drug-likeness (QED) is 0.821. The number of amides is 3. The van der Waals surface area contributed by atoms with Crippen LogP contribution in [0.15, 0.2) is 29.3 Å². The molecular weight excluding hydrogens is 352 g/mol. The molecule has 3 rings (SSSR count). The lowest BCUT2D eigenvalue weighted by molar-refractivity contribution is -0.121. The highest BCUT2D eigenvalue weighted by molar-refractivity contribution is 8.15. The largest absolute Gasteiger partial charge is 0.352 e. The lowest BCUT2D eigenvalue weighted by atomic mass is 10.2. The standard InChI is InChI=1S/C18H22N4O3S/c1-2-19-16(24)12-5-7-13(8-6-12)20-15(23)11-14-17(25)21-18(26-14)22-9-3-4-10-22/h5-8,14H,2-4,9-11H2,1H3,(H,19,24)(H,20,23)/t14-/m1/s1. The van der Waals surface area contributed by atoms with Gasteiger partial charge in [0.25, 0.3) is 11.8 Å². The Hall–Kier alpha value is -2.35. The molecule has 3 amide bonds. The van der Waals surface area contributed by atoms with Crippen LogP contribution in [0.3, 0.4) is 0 Å². The third kappa shape index (κ3) is 4.43. The molecule has 0 radical (unpaired) electrons. The molecule has 1 aromatic rings. The first-order valence-electron chi connectivity index (χ1n) is 8.79. The predicted molar refractivity (Wildman–Crippen MR) is 102 cm³/mol. The third-order valence-electron chi connectivity index (χ3n) is 4.24. The zero-order valence-corrected chi connectivity index (χ0v) is 15.5. The molecule has 26 heavy (non-hydrogen) atoms. The number of anilines is 1. The van der Waals surface area contributed by atoms with Crippen molar-refractivity contribution in [3.63, 3.8) is 0 Å². The minimum Gasteiger partial charge on any atom is -0.352 e. The number of benzene rings is 1. The van der Waals surface area contributed by atoms with E-state index in [2.05, 4.69) is 20.5 Å². The van der Waals surface area contributed by atoms with Crippen LogP contribution in [0.5, 0.6) is 0 Å². The number of hydrogen-bond acceptors (Lipinski definition) is 5. The highest BCUT2D eigenvalue weighted by Crippen LogP contribution is 2.29. The molecule has 1 aromatic carbocycles. The number of likely N-dealkylation sites (tertiary alicyclic amines) is 1. The van der Waals surface area contributed by atoms with Gasteiger partial charge < -0.3 is 15.5 Å². The molecule has 0 spiro atoms. The zero-order valence-electron chi connectivity index (χ0n) is 14.7. The number of carbonyl (C=O) groups is 3. The number of amidine groups is 1. The summed E-state index contributed by atoms with van der Waals surface area (Å²) in [6.07, 6.45) is 2.32. The van der Waals surface area contributed by atoms with Crippen LogP contribution in [-0.2, 0) is 9.59 Å². The lowest BCUT2D eigenvalue weighted by Gasteiger charge is -2.16. The van der Waals surface area contributed by atoms with Crippen LogP contribution in [0.2, 0.25) is 0 Å². The Labute approximate surface area is 156 Å². The summed E-state index contributed by atoms with van der Waals surface area (Å²) in [5.41, 5.74) is 1.13. The molecule has 0 unspecified atom stereocenters. The van der Waals surface area contributed by atoms with Gasteiger partial charge in [-0.1, -0.05) is 11.8 Å². The van der Waals surface area contributed by atoms with Crippen molar-refractivity contribution in [2.75, 3.05) is 25.0 Å². The Morgan fingerprint density at radius 1 is 1.23 bits per heavy atom. The molecule has 2 heterocycles. The Balaban J connectivity index is 1.51. The van der Waals surface area contributed by atoms with Gasteiger partial charge in [-0.2, -0.15) is 4.99 Å². The molecule has 0 aliphatic carbocycles. The van der Waals surface area contributed by atoms with Crippen LogP contribution in [-0.4, -0.2) is 52.7 Å². The number of aliphatic imine (C=N–C) groups is 1. The molecule has 138 valence electrons. The highest BCUT2D eigenvalue weighted by Gasteiger charge is 2.33. The van der Waals surface area contributed by atoms with Gasteiger partial charge in [0.15, 0.2) is 5.17 Å². The normalized spacial score (nSPS) is 19.4. The SMILES string of the molecule is CCNC(=O)c1ccc(NC(=O)C[C@H]2SC(N3CCCC3)=NC2=O)cc1. The number of nitrogens with zero attached hydrogens (tertiary/aromatic N) is 2. The van der Waals surface area contributed by atoms with E-state index < -0.39 is 5.25 Å². The number of carbonyl (C=O) groups excluding carboxylic acids is 3. The molecule has 1 fully saturated rings. The molecule has 2 aliphatic heterocycles. The van der Waals surface area contributed by atoms with Crippen molar-refractivity contribution in [1.82, 2.24) is 10.2 Å². The Kier molecular flexibility index (Phi) is 5.92. The lowest BCUT2D eigenvalue weighted by Crippen LogP contribution is -2.25. The second-order valence-corrected chi connectivity index (χ2v) is 7.39. The summed E-state index contributed by atoms with van der Waals surface area (Å²) in [5, 5.41) is 5.78. The second-order valence-electron chi connectivity index (χ2n) is 6.22. The van der Waals surface area contributed by atoms with E-state index in [1.54, 1.807) is 24.3 Å². The van der Waals surface area contributed by atoms with Crippen LogP contribution in [0, 0.1) is 0 Å². The van der Waals surface area contributed by atoms with Crippen LogP contribution < -0.4 is 10.6 Å². The number of hydrogen-bond donors (Lipinski definition) is 2. The highest BCUT2D eigenvalue weighted by atomic mass is 32.2. The van der Waals surface area contributed by atoms with Crippen LogP contribution >= 0.6 is 11.8 Å². The van der Waals surface area contributed by atoms with E-state index >= 15 is 0 Å². The predicted octanol–water partition coefficient (Wildman–Crippen LogP) is 1.86. The van der Waals surface area contributed by atoms with Crippen molar-refractivity contribution < 1.29 is 14.4 Å². The molecule has 1 saturated heterocycles. The van der Waals surface area contributed by atoms with Crippen LogP contribution in [0.25, 0.3) is 0 Å². The summed E-state index contributed by atoms with van der Waals surface area (Å²) < 4.78 is 0. The smallest absolute Gasteiger partial charge is 0.262 e. The van der Waals surface area contributed by atoms with Crippen molar-refractivity contribution >= 4 is 40.3 Å². The molecule has 2 aliphatic rings. The van der Waals surface area contributed by atoms with Crippen molar-refractivity contribution in [2.45, 2.75) is 31.4 Å². The minimum atomic E-state index is -0.458. The van der Waals surface area contributed by atoms with Gasteiger partial charge >= 0.3 is 0 Å². The minimum absolute atomic E-state index is 0.0857. The molecular formula is C18H22N4O3S. The first kappa shape index (κ1) is 18.4. The van der Waals surface area contributed by atoms with Crippen molar-refractivity contribution in [3.8, 4) is 0 Å². The zero-order chi connectivity index (χ0) is 18.5. The Morgan fingerprint density at radius 2 is 1.92 bits per heavy atom. The van der Waals surface area contributed by atoms with Crippen LogP contribution in [0.4, 0.5) is 5.69 Å². The van der Waals surface area contributed by atoms with E-state index in [1.165, 1.54) is 11.8 Å². The van der Waals surface area contributed by atoms with E-state index in [1.807, 2.05) is 6.92 Å². The molecule has 0 aromatic heterocycles. The monoisotopic (exact) mass is 374 g/mol. The van der Waals surface area contributed by atoms with Crippen molar-refractivity contribution in [1.29, 1.82) is 0 Å². The summed E-state index contributed by atoms with van der Waals surface area (Å²) in [4.78, 5) is 42.2.